The molecule has 3 aromatic heterocycles. The van der Waals surface area contributed by atoms with E-state index in [0.29, 0.717) is 16.8 Å². The topological polar surface area (TPSA) is 89.7 Å². The number of aryl methyl sites for hydroxylation is 1. The number of hydrogen-bond donors (Lipinski definition) is 2. The van der Waals surface area contributed by atoms with Crippen molar-refractivity contribution >= 4 is 22.8 Å². The summed E-state index contributed by atoms with van der Waals surface area (Å²) < 4.78 is 29.6. The van der Waals surface area contributed by atoms with Crippen LogP contribution in [0, 0.1) is 25.1 Å². The van der Waals surface area contributed by atoms with Crippen molar-refractivity contribution in [2.24, 2.45) is 0 Å². The third-order valence-electron chi connectivity index (χ3n) is 5.16. The fourth-order valence-electron chi connectivity index (χ4n) is 3.72. The van der Waals surface area contributed by atoms with Crippen molar-refractivity contribution < 1.29 is 8.78 Å². The maximum Gasteiger partial charge on any atom is 0.268 e. The first-order valence-corrected chi connectivity index (χ1v) is 9.66. The van der Waals surface area contributed by atoms with E-state index in [1.54, 1.807) is 32.0 Å². The van der Waals surface area contributed by atoms with Crippen LogP contribution in [-0.2, 0) is 0 Å². The van der Waals surface area contributed by atoms with Crippen LogP contribution in [0.15, 0.2) is 53.6 Å². The zero-order chi connectivity index (χ0) is 23.0. The Balaban J connectivity index is 1.97. The molecule has 0 aliphatic rings. The number of benzene rings is 1. The highest BCUT2D eigenvalue weighted by Crippen LogP contribution is 2.33. The molecule has 0 aliphatic heterocycles. The summed E-state index contributed by atoms with van der Waals surface area (Å²) >= 11 is 0. The van der Waals surface area contributed by atoms with Crippen molar-refractivity contribution in [1.82, 2.24) is 14.4 Å². The van der Waals surface area contributed by atoms with E-state index in [9.17, 15) is 13.6 Å². The minimum absolute atomic E-state index is 0.0198. The fraction of sp³-hybridized carbons (Fsp3) is 0.130. The van der Waals surface area contributed by atoms with Crippen molar-refractivity contribution in [2.45, 2.75) is 19.9 Å². The molecule has 0 saturated carbocycles. The van der Waals surface area contributed by atoms with Gasteiger partial charge in [-0.15, -0.1) is 0 Å². The Bertz CT molecular complexity index is 1440. The number of nitrogens with two attached hydrogens (primary N) is 1. The monoisotopic (exact) mass is 432 g/mol. The molecule has 0 aliphatic carbocycles. The van der Waals surface area contributed by atoms with Gasteiger partial charge in [0.05, 0.1) is 12.1 Å². The molecule has 0 bridgehead atoms. The molecule has 0 amide bonds. The summed E-state index contributed by atoms with van der Waals surface area (Å²) in [5.74, 6) is -1.37. The lowest BCUT2D eigenvalue weighted by Crippen LogP contribution is -2.22. The second kappa shape index (κ2) is 8.07. The minimum atomic E-state index is -0.792. The Labute approximate surface area is 182 Å². The second-order valence-corrected chi connectivity index (χ2v) is 7.30. The predicted molar refractivity (Wildman–Crippen MR) is 119 cm³/mol. The average Bonchev–Trinajstić information content (AvgIpc) is 2.73. The molecule has 0 fully saturated rings. The molecule has 4 aromatic rings. The molecule has 0 spiro atoms. The standard InChI is InChI=1S/C23H18F2N6O/c1-12-5-4-6-17-10-18(13(2)30-22-20(27-3)21(26)28-11-29-22)19(23(32)31(12)17)14-7-15(24)9-16(25)8-14/h4-11,13H,1-2H3,(H3,26,28,29,30)/t13-/m1/s1. The lowest BCUT2D eigenvalue weighted by Gasteiger charge is -2.21. The van der Waals surface area contributed by atoms with E-state index < -0.39 is 23.2 Å². The molecule has 32 heavy (non-hydrogen) atoms. The lowest BCUT2D eigenvalue weighted by molar-refractivity contribution is 0.584. The Morgan fingerprint density at radius 2 is 1.88 bits per heavy atom. The summed E-state index contributed by atoms with van der Waals surface area (Å²) in [7, 11) is 0. The highest BCUT2D eigenvalue weighted by atomic mass is 19.1. The zero-order valence-corrected chi connectivity index (χ0v) is 17.2. The van der Waals surface area contributed by atoms with Gasteiger partial charge in [-0.2, -0.15) is 0 Å². The van der Waals surface area contributed by atoms with E-state index in [2.05, 4.69) is 20.1 Å². The van der Waals surface area contributed by atoms with Gasteiger partial charge in [-0.05, 0) is 55.3 Å². The Kier molecular flexibility index (Phi) is 5.28. The molecule has 4 rings (SSSR count). The number of pyridine rings is 2. The SMILES string of the molecule is [C-]#[N+]c1c(N)ncnc1N[C@H](C)c1cc2cccc(C)n2c(=O)c1-c1cc(F)cc(F)c1. The third kappa shape index (κ3) is 3.63. The Hall–Kier alpha value is -4.32. The summed E-state index contributed by atoms with van der Waals surface area (Å²) in [5.41, 5.74) is 7.44. The molecule has 0 saturated heterocycles. The van der Waals surface area contributed by atoms with E-state index in [4.69, 9.17) is 12.3 Å². The summed E-state index contributed by atoms with van der Waals surface area (Å²) in [6, 6.07) is 9.56. The molecule has 9 heteroatoms. The lowest BCUT2D eigenvalue weighted by atomic mass is 9.96. The highest BCUT2D eigenvalue weighted by molar-refractivity contribution is 5.77. The van der Waals surface area contributed by atoms with Crippen molar-refractivity contribution in [3.8, 4) is 11.1 Å². The molecule has 160 valence electrons. The van der Waals surface area contributed by atoms with Crippen molar-refractivity contribution in [3.05, 3.63) is 93.5 Å². The van der Waals surface area contributed by atoms with Crippen LogP contribution >= 0.6 is 0 Å². The van der Waals surface area contributed by atoms with Gasteiger partial charge in [-0.25, -0.2) is 23.6 Å². The summed E-state index contributed by atoms with van der Waals surface area (Å²) in [6.45, 7) is 10.9. The normalized spacial score (nSPS) is 11.8. The number of halogens is 2. The Morgan fingerprint density at radius 3 is 2.56 bits per heavy atom. The van der Waals surface area contributed by atoms with Gasteiger partial charge < -0.3 is 11.1 Å². The minimum Gasteiger partial charge on any atom is -0.392 e. The maximum atomic E-state index is 14.0. The van der Waals surface area contributed by atoms with E-state index >= 15 is 0 Å². The van der Waals surface area contributed by atoms with Crippen molar-refractivity contribution in [2.75, 3.05) is 11.1 Å². The molecular weight excluding hydrogens is 414 g/mol. The van der Waals surface area contributed by atoms with Crippen LogP contribution in [0.1, 0.15) is 24.2 Å². The number of anilines is 2. The zero-order valence-electron chi connectivity index (χ0n) is 17.2. The first-order chi connectivity index (χ1) is 15.3. The first-order valence-electron chi connectivity index (χ1n) is 9.66. The van der Waals surface area contributed by atoms with Gasteiger partial charge in [0.1, 0.15) is 29.6 Å². The smallest absolute Gasteiger partial charge is 0.268 e. The van der Waals surface area contributed by atoms with E-state index in [1.165, 1.54) is 10.7 Å². The molecule has 0 unspecified atom stereocenters. The fourth-order valence-corrected chi connectivity index (χ4v) is 3.72. The number of nitrogens with one attached hydrogen (secondary N) is 1. The van der Waals surface area contributed by atoms with E-state index in [0.717, 1.165) is 18.2 Å². The summed E-state index contributed by atoms with van der Waals surface area (Å²) in [4.78, 5) is 24.8. The molecule has 7 nitrogen and oxygen atoms in total. The molecule has 0 radical (unpaired) electrons. The Morgan fingerprint density at radius 1 is 1.16 bits per heavy atom. The third-order valence-corrected chi connectivity index (χ3v) is 5.16. The second-order valence-electron chi connectivity index (χ2n) is 7.30. The molecular formula is C23H18F2N6O. The molecule has 1 atom stereocenters. The predicted octanol–water partition coefficient (Wildman–Crippen LogP) is 4.65. The number of hydrogen-bond acceptors (Lipinski definition) is 5. The van der Waals surface area contributed by atoms with Gasteiger partial charge in [0.2, 0.25) is 0 Å². The van der Waals surface area contributed by atoms with Crippen molar-refractivity contribution in [3.63, 3.8) is 0 Å². The molecule has 3 heterocycles. The van der Waals surface area contributed by atoms with Gasteiger partial charge in [-0.3, -0.25) is 9.20 Å². The molecule has 1 aromatic carbocycles. The summed E-state index contributed by atoms with van der Waals surface area (Å²) in [5, 5.41) is 3.08. The van der Waals surface area contributed by atoms with Gasteiger partial charge in [0.15, 0.2) is 0 Å². The number of aromatic nitrogens is 3. The van der Waals surface area contributed by atoms with Crippen LogP contribution in [-0.4, -0.2) is 14.4 Å². The van der Waals surface area contributed by atoms with Crippen LogP contribution in [0.5, 0.6) is 0 Å². The number of nitrogen functional groups attached to an aromatic ring is 1. The van der Waals surface area contributed by atoms with Gasteiger partial charge in [0, 0.05) is 23.3 Å². The van der Waals surface area contributed by atoms with Crippen LogP contribution in [0.3, 0.4) is 0 Å². The van der Waals surface area contributed by atoms with Crippen LogP contribution in [0.2, 0.25) is 0 Å². The van der Waals surface area contributed by atoms with Crippen LogP contribution < -0.4 is 16.6 Å². The van der Waals surface area contributed by atoms with Gasteiger partial charge >= 0.3 is 0 Å². The number of rotatable bonds is 4. The quantitative estimate of drug-likeness (QED) is 0.458. The van der Waals surface area contributed by atoms with Crippen LogP contribution in [0.4, 0.5) is 26.1 Å². The molecule has 3 N–H and O–H groups in total. The first kappa shape index (κ1) is 20.9. The number of nitrogens with zero attached hydrogens (tertiary/aromatic N) is 4. The highest BCUT2D eigenvalue weighted by Gasteiger charge is 2.21. The number of fused-ring (bicyclic) bond motifs is 1. The van der Waals surface area contributed by atoms with Crippen LogP contribution in [0.25, 0.3) is 21.5 Å². The van der Waals surface area contributed by atoms with E-state index in [1.807, 2.05) is 6.07 Å². The van der Waals surface area contributed by atoms with Gasteiger partial charge in [0.25, 0.3) is 11.2 Å². The maximum absolute atomic E-state index is 14.0. The van der Waals surface area contributed by atoms with E-state index in [-0.39, 0.29) is 28.5 Å². The summed E-state index contributed by atoms with van der Waals surface area (Å²) in [6.07, 6.45) is 1.22. The van der Waals surface area contributed by atoms with Crippen molar-refractivity contribution in [1.29, 1.82) is 0 Å². The van der Waals surface area contributed by atoms with Gasteiger partial charge in [-0.1, -0.05) is 6.07 Å². The average molecular weight is 432 g/mol. The largest absolute Gasteiger partial charge is 0.392 e.